The van der Waals surface area contributed by atoms with E-state index in [9.17, 15) is 4.79 Å². The Morgan fingerprint density at radius 2 is 1.77 bits per heavy atom. The van der Waals surface area contributed by atoms with Crippen LogP contribution in [0.5, 0.6) is 0 Å². The van der Waals surface area contributed by atoms with Crippen LogP contribution in [0.2, 0.25) is 0 Å². The van der Waals surface area contributed by atoms with Gasteiger partial charge in [-0.1, -0.05) is 54.6 Å². The molecule has 0 atom stereocenters. The number of nitrogens with zero attached hydrogens (tertiary/aromatic N) is 3. The maximum Gasteiger partial charge on any atom is 0.219 e. The molecule has 1 saturated carbocycles. The van der Waals surface area contributed by atoms with E-state index in [4.69, 9.17) is 10.7 Å². The first-order valence-electron chi connectivity index (χ1n) is 10.5. The lowest BCUT2D eigenvalue weighted by molar-refractivity contribution is 0.253. The number of carbonyl (C=O) groups excluding carboxylic acids is 1. The summed E-state index contributed by atoms with van der Waals surface area (Å²) >= 11 is 0. The van der Waals surface area contributed by atoms with Crippen LogP contribution in [0.15, 0.2) is 77.9 Å². The molecule has 0 radical (unpaired) electrons. The molecule has 5 heteroatoms. The second kappa shape index (κ2) is 7.60. The Hall–Kier alpha value is -3.57. The van der Waals surface area contributed by atoms with Gasteiger partial charge in [0.2, 0.25) is 6.41 Å². The zero-order chi connectivity index (χ0) is 21.4. The summed E-state index contributed by atoms with van der Waals surface area (Å²) in [7, 11) is 1.69. The lowest BCUT2D eigenvalue weighted by Gasteiger charge is -2.38. The predicted octanol–water partition coefficient (Wildman–Crippen LogP) is 4.28. The molecule has 2 aromatic heterocycles. The van der Waals surface area contributed by atoms with E-state index >= 15 is 0 Å². The molecule has 0 bridgehead atoms. The molecule has 1 fully saturated rings. The van der Waals surface area contributed by atoms with Crippen LogP contribution in [-0.4, -0.2) is 23.0 Å². The quantitative estimate of drug-likeness (QED) is 0.512. The molecular weight excluding hydrogens is 384 g/mol. The van der Waals surface area contributed by atoms with Crippen LogP contribution >= 0.6 is 0 Å². The minimum atomic E-state index is -0.183. The molecule has 0 amide bonds. The Balaban J connectivity index is 1.74. The van der Waals surface area contributed by atoms with E-state index in [2.05, 4.69) is 47.5 Å². The van der Waals surface area contributed by atoms with Gasteiger partial charge < -0.3 is 5.73 Å². The molecular formula is C26H24N4O. The Bertz CT molecular complexity index is 1330. The molecule has 5 rings (SSSR count). The first-order chi connectivity index (χ1) is 15.1. The van der Waals surface area contributed by atoms with Crippen LogP contribution in [0.25, 0.3) is 33.3 Å². The van der Waals surface area contributed by atoms with E-state index in [1.165, 1.54) is 16.6 Å². The third-order valence-electron chi connectivity index (χ3n) is 6.32. The van der Waals surface area contributed by atoms with Gasteiger partial charge in [-0.15, -0.1) is 0 Å². The van der Waals surface area contributed by atoms with Gasteiger partial charge in [0.1, 0.15) is 5.49 Å². The summed E-state index contributed by atoms with van der Waals surface area (Å²) in [5.41, 5.74) is 12.9. The van der Waals surface area contributed by atoms with E-state index < -0.39 is 0 Å². The summed E-state index contributed by atoms with van der Waals surface area (Å²) in [4.78, 5) is 20.8. The van der Waals surface area contributed by atoms with Crippen molar-refractivity contribution in [3.8, 4) is 22.4 Å². The molecule has 1 aliphatic carbocycles. The van der Waals surface area contributed by atoms with E-state index in [1.54, 1.807) is 13.2 Å². The molecule has 4 aromatic rings. The highest BCUT2D eigenvalue weighted by molar-refractivity contribution is 5.91. The van der Waals surface area contributed by atoms with Crippen molar-refractivity contribution in [1.29, 1.82) is 0 Å². The van der Waals surface area contributed by atoms with Crippen LogP contribution in [0.3, 0.4) is 0 Å². The number of hydrogen-bond acceptors (Lipinski definition) is 4. The summed E-state index contributed by atoms with van der Waals surface area (Å²) in [6.45, 7) is 0. The van der Waals surface area contributed by atoms with Crippen molar-refractivity contribution in [3.63, 3.8) is 0 Å². The molecule has 1 aliphatic rings. The third kappa shape index (κ3) is 3.27. The number of carbonyl (C=O) groups is 1. The van der Waals surface area contributed by atoms with Gasteiger partial charge in [-0.2, -0.15) is 0 Å². The smallest absolute Gasteiger partial charge is 0.219 e. The van der Waals surface area contributed by atoms with Crippen molar-refractivity contribution in [2.24, 2.45) is 10.7 Å². The summed E-state index contributed by atoms with van der Waals surface area (Å²) in [5, 5.41) is 0.840. The molecule has 5 nitrogen and oxygen atoms in total. The second-order valence-corrected chi connectivity index (χ2v) is 8.15. The molecule has 154 valence electrons. The molecule has 31 heavy (non-hydrogen) atoms. The Kier molecular flexibility index (Phi) is 4.75. The standard InChI is InChI=1S/C26H24N4O/c1-28-25-22-16-21(18-6-3-2-4-7-18)24(29-23(22)12-15-30(25)17-31)19-8-10-20(11-9-19)26(27)13-5-14-26/h2-4,6-12,15-17H,5,13-14,27H2,1H3. The van der Waals surface area contributed by atoms with Gasteiger partial charge in [0.15, 0.2) is 0 Å². The average molecular weight is 409 g/mol. The van der Waals surface area contributed by atoms with Crippen LogP contribution in [0, 0.1) is 0 Å². The maximum atomic E-state index is 11.5. The first kappa shape index (κ1) is 19.4. The van der Waals surface area contributed by atoms with E-state index in [-0.39, 0.29) is 5.54 Å². The molecule has 0 unspecified atom stereocenters. The largest absolute Gasteiger partial charge is 0.321 e. The first-order valence-corrected chi connectivity index (χ1v) is 10.5. The number of benzene rings is 2. The fourth-order valence-corrected chi connectivity index (χ4v) is 4.38. The SMILES string of the molecule is CN=c1c2cc(-c3ccccc3)c(-c3ccc(C4(N)CCC4)cc3)nc2ccn1C=O. The van der Waals surface area contributed by atoms with Gasteiger partial charge >= 0.3 is 0 Å². The third-order valence-corrected chi connectivity index (χ3v) is 6.32. The van der Waals surface area contributed by atoms with Crippen LogP contribution in [0.4, 0.5) is 0 Å². The average Bonchev–Trinajstić information content (AvgIpc) is 2.81. The van der Waals surface area contributed by atoms with Gasteiger partial charge in [0, 0.05) is 35.3 Å². The van der Waals surface area contributed by atoms with Gasteiger partial charge in [-0.25, -0.2) is 4.98 Å². The number of aromatic nitrogens is 2. The predicted molar refractivity (Wildman–Crippen MR) is 124 cm³/mol. The highest BCUT2D eigenvalue weighted by Gasteiger charge is 2.34. The number of rotatable bonds is 4. The molecule has 2 aromatic carbocycles. The van der Waals surface area contributed by atoms with Crippen molar-refractivity contribution in [2.75, 3.05) is 7.05 Å². The Labute approximate surface area is 180 Å². The normalized spacial score (nSPS) is 15.6. The van der Waals surface area contributed by atoms with Crippen molar-refractivity contribution >= 4 is 17.3 Å². The molecule has 2 heterocycles. The highest BCUT2D eigenvalue weighted by atomic mass is 16.1. The van der Waals surface area contributed by atoms with Crippen molar-refractivity contribution in [2.45, 2.75) is 24.8 Å². The zero-order valence-corrected chi connectivity index (χ0v) is 17.5. The van der Waals surface area contributed by atoms with Crippen molar-refractivity contribution < 1.29 is 4.79 Å². The second-order valence-electron chi connectivity index (χ2n) is 8.15. The summed E-state index contributed by atoms with van der Waals surface area (Å²) < 4.78 is 1.48. The summed E-state index contributed by atoms with van der Waals surface area (Å²) in [6.07, 6.45) is 5.73. The number of hydrogen-bond donors (Lipinski definition) is 1. The number of pyridine rings is 2. The van der Waals surface area contributed by atoms with Crippen LogP contribution < -0.4 is 11.2 Å². The number of nitrogens with two attached hydrogens (primary N) is 1. The van der Waals surface area contributed by atoms with E-state index in [1.807, 2.05) is 24.3 Å². The molecule has 0 aliphatic heterocycles. The van der Waals surface area contributed by atoms with Crippen LogP contribution in [-0.2, 0) is 10.3 Å². The van der Waals surface area contributed by atoms with E-state index in [0.29, 0.717) is 5.49 Å². The number of fused-ring (bicyclic) bond motifs is 1. The van der Waals surface area contributed by atoms with Crippen molar-refractivity contribution in [1.82, 2.24) is 9.55 Å². The van der Waals surface area contributed by atoms with Crippen LogP contribution in [0.1, 0.15) is 24.8 Å². The van der Waals surface area contributed by atoms with Gasteiger partial charge in [0.25, 0.3) is 0 Å². The van der Waals surface area contributed by atoms with Gasteiger partial charge in [-0.05, 0) is 42.5 Å². The van der Waals surface area contributed by atoms with E-state index in [0.717, 1.165) is 52.5 Å². The Morgan fingerprint density at radius 1 is 1.03 bits per heavy atom. The monoisotopic (exact) mass is 408 g/mol. The lowest BCUT2D eigenvalue weighted by atomic mass is 9.72. The summed E-state index contributed by atoms with van der Waals surface area (Å²) in [6, 6.07) is 22.6. The minimum Gasteiger partial charge on any atom is -0.321 e. The van der Waals surface area contributed by atoms with Gasteiger partial charge in [-0.3, -0.25) is 14.4 Å². The summed E-state index contributed by atoms with van der Waals surface area (Å²) in [5.74, 6) is 0. The lowest BCUT2D eigenvalue weighted by Crippen LogP contribution is -2.43. The van der Waals surface area contributed by atoms with Crippen molar-refractivity contribution in [3.05, 3.63) is 84.0 Å². The molecule has 2 N–H and O–H groups in total. The van der Waals surface area contributed by atoms with Gasteiger partial charge in [0.05, 0.1) is 11.2 Å². The Morgan fingerprint density at radius 3 is 2.39 bits per heavy atom. The fourth-order valence-electron chi connectivity index (χ4n) is 4.38. The minimum absolute atomic E-state index is 0.183. The molecule has 0 saturated heterocycles. The maximum absolute atomic E-state index is 11.5. The fraction of sp³-hybridized carbons (Fsp3) is 0.192. The topological polar surface area (TPSA) is 73.3 Å². The highest BCUT2D eigenvalue weighted by Crippen LogP contribution is 2.40. The zero-order valence-electron chi connectivity index (χ0n) is 17.5. The molecule has 0 spiro atoms.